The molecule has 1 aliphatic rings. The molecule has 30 heavy (non-hydrogen) atoms. The molecule has 0 aromatic heterocycles. The number of nitrogens with zero attached hydrogens (tertiary/aromatic N) is 1. The van der Waals surface area contributed by atoms with Crippen LogP contribution in [0.1, 0.15) is 52.0 Å². The number of hydrogen-bond donors (Lipinski definition) is 2. The fourth-order valence-electron chi connectivity index (χ4n) is 3.41. The van der Waals surface area contributed by atoms with E-state index in [0.717, 1.165) is 30.6 Å². The summed E-state index contributed by atoms with van der Waals surface area (Å²) >= 11 is 0. The SMILES string of the molecule is CCCC[C@@H](CC)CNC(=O)CN1C(=O)N[C@@](C)(c2ccc(OC(F)F)cc2)C1=O. The molecule has 2 atom stereocenters. The van der Waals surface area contributed by atoms with Gasteiger partial charge in [-0.15, -0.1) is 0 Å². The van der Waals surface area contributed by atoms with Crippen molar-refractivity contribution in [2.24, 2.45) is 5.92 Å². The molecule has 2 rings (SSSR count). The second-order valence-corrected chi connectivity index (χ2v) is 7.57. The average molecular weight is 425 g/mol. The quantitative estimate of drug-likeness (QED) is 0.532. The largest absolute Gasteiger partial charge is 0.435 e. The van der Waals surface area contributed by atoms with E-state index in [9.17, 15) is 23.2 Å². The number of unbranched alkanes of at least 4 members (excludes halogenated alkanes) is 1. The van der Waals surface area contributed by atoms with Crippen molar-refractivity contribution in [1.29, 1.82) is 0 Å². The average Bonchev–Trinajstić information content (AvgIpc) is 2.92. The van der Waals surface area contributed by atoms with E-state index in [2.05, 4.69) is 29.2 Å². The molecular formula is C21H29F2N3O4. The lowest BCUT2D eigenvalue weighted by molar-refractivity contribution is -0.134. The summed E-state index contributed by atoms with van der Waals surface area (Å²) in [5, 5.41) is 5.39. The van der Waals surface area contributed by atoms with Crippen LogP contribution in [0.3, 0.4) is 0 Å². The predicted molar refractivity (Wildman–Crippen MR) is 107 cm³/mol. The summed E-state index contributed by atoms with van der Waals surface area (Å²) in [5.41, 5.74) is -0.996. The molecule has 9 heteroatoms. The van der Waals surface area contributed by atoms with Gasteiger partial charge in [-0.3, -0.25) is 14.5 Å². The molecule has 0 saturated carbocycles. The molecule has 1 fully saturated rings. The highest BCUT2D eigenvalue weighted by molar-refractivity contribution is 6.09. The molecule has 0 radical (unpaired) electrons. The van der Waals surface area contributed by atoms with Crippen molar-refractivity contribution >= 4 is 17.8 Å². The summed E-state index contributed by atoms with van der Waals surface area (Å²) in [6, 6.07) is 4.77. The van der Waals surface area contributed by atoms with E-state index in [4.69, 9.17) is 0 Å². The summed E-state index contributed by atoms with van der Waals surface area (Å²) in [7, 11) is 0. The van der Waals surface area contributed by atoms with Crippen molar-refractivity contribution in [2.45, 2.75) is 58.6 Å². The van der Waals surface area contributed by atoms with Gasteiger partial charge in [-0.2, -0.15) is 8.78 Å². The third-order valence-corrected chi connectivity index (χ3v) is 5.36. The third-order valence-electron chi connectivity index (χ3n) is 5.36. The Morgan fingerprint density at radius 3 is 2.47 bits per heavy atom. The fraction of sp³-hybridized carbons (Fsp3) is 0.571. The zero-order valence-corrected chi connectivity index (χ0v) is 17.5. The van der Waals surface area contributed by atoms with E-state index < -0.39 is 30.0 Å². The van der Waals surface area contributed by atoms with Gasteiger partial charge in [-0.25, -0.2) is 4.79 Å². The minimum Gasteiger partial charge on any atom is -0.435 e. The smallest absolute Gasteiger partial charge is 0.387 e. The van der Waals surface area contributed by atoms with Gasteiger partial charge in [0.1, 0.15) is 17.8 Å². The molecular weight excluding hydrogens is 396 g/mol. The second kappa shape index (κ2) is 10.4. The van der Waals surface area contributed by atoms with Gasteiger partial charge in [-0.05, 0) is 37.0 Å². The Bertz CT molecular complexity index is 757. The van der Waals surface area contributed by atoms with Crippen molar-refractivity contribution in [3.63, 3.8) is 0 Å². The highest BCUT2D eigenvalue weighted by atomic mass is 19.3. The molecule has 1 aromatic rings. The van der Waals surface area contributed by atoms with Crippen LogP contribution in [-0.2, 0) is 15.1 Å². The van der Waals surface area contributed by atoms with Crippen molar-refractivity contribution in [1.82, 2.24) is 15.5 Å². The van der Waals surface area contributed by atoms with Crippen LogP contribution in [0.15, 0.2) is 24.3 Å². The van der Waals surface area contributed by atoms with Gasteiger partial charge in [0.25, 0.3) is 5.91 Å². The second-order valence-electron chi connectivity index (χ2n) is 7.57. The Morgan fingerprint density at radius 2 is 1.90 bits per heavy atom. The number of nitrogens with one attached hydrogen (secondary N) is 2. The maximum atomic E-state index is 12.9. The molecule has 166 valence electrons. The number of urea groups is 1. The van der Waals surface area contributed by atoms with Crippen LogP contribution >= 0.6 is 0 Å². The van der Waals surface area contributed by atoms with Crippen molar-refractivity contribution in [3.05, 3.63) is 29.8 Å². The van der Waals surface area contributed by atoms with Gasteiger partial charge >= 0.3 is 12.6 Å². The molecule has 1 aliphatic heterocycles. The van der Waals surface area contributed by atoms with Gasteiger partial charge in [0.2, 0.25) is 5.91 Å². The number of carbonyl (C=O) groups is 3. The fourth-order valence-corrected chi connectivity index (χ4v) is 3.41. The van der Waals surface area contributed by atoms with Crippen LogP contribution in [0.2, 0.25) is 0 Å². The summed E-state index contributed by atoms with van der Waals surface area (Å²) in [6.07, 6.45) is 4.12. The Labute approximate surface area is 175 Å². The first kappa shape index (κ1) is 23.6. The van der Waals surface area contributed by atoms with E-state index >= 15 is 0 Å². The number of alkyl halides is 2. The van der Waals surface area contributed by atoms with Gasteiger partial charge in [-0.1, -0.05) is 45.2 Å². The molecule has 0 unspecified atom stereocenters. The lowest BCUT2D eigenvalue weighted by Gasteiger charge is -2.22. The van der Waals surface area contributed by atoms with Crippen molar-refractivity contribution < 1.29 is 27.9 Å². The maximum absolute atomic E-state index is 12.9. The summed E-state index contributed by atoms with van der Waals surface area (Å²) in [5.74, 6) is -0.684. The van der Waals surface area contributed by atoms with Gasteiger partial charge in [0, 0.05) is 6.54 Å². The monoisotopic (exact) mass is 425 g/mol. The molecule has 1 aromatic carbocycles. The highest BCUT2D eigenvalue weighted by Crippen LogP contribution is 2.30. The molecule has 7 nitrogen and oxygen atoms in total. The van der Waals surface area contributed by atoms with Crippen LogP contribution in [-0.4, -0.2) is 42.4 Å². The molecule has 0 spiro atoms. The highest BCUT2D eigenvalue weighted by Gasteiger charge is 2.49. The molecule has 1 heterocycles. The first-order valence-electron chi connectivity index (χ1n) is 10.2. The van der Waals surface area contributed by atoms with E-state index in [1.165, 1.54) is 31.2 Å². The minimum atomic E-state index is -2.96. The lowest BCUT2D eigenvalue weighted by Crippen LogP contribution is -2.44. The third kappa shape index (κ3) is 5.67. The Kier molecular flexibility index (Phi) is 8.14. The zero-order valence-electron chi connectivity index (χ0n) is 17.5. The van der Waals surface area contributed by atoms with E-state index in [1.54, 1.807) is 0 Å². The molecule has 0 aliphatic carbocycles. The maximum Gasteiger partial charge on any atom is 0.387 e. The van der Waals surface area contributed by atoms with Gasteiger partial charge in [0.15, 0.2) is 0 Å². The van der Waals surface area contributed by atoms with Gasteiger partial charge in [0.05, 0.1) is 0 Å². The first-order valence-corrected chi connectivity index (χ1v) is 10.2. The van der Waals surface area contributed by atoms with Crippen LogP contribution < -0.4 is 15.4 Å². The lowest BCUT2D eigenvalue weighted by atomic mass is 9.92. The standard InChI is InChI=1S/C21H29F2N3O4/c1-4-6-7-14(5-2)12-24-17(27)13-26-18(28)21(3,25-20(26)29)15-8-10-16(11-9-15)30-19(22)23/h8-11,14,19H,4-7,12-13H2,1-3H3,(H,24,27)(H,25,29)/t14-,21+/m1/s1. The number of benzene rings is 1. The van der Waals surface area contributed by atoms with E-state index in [-0.39, 0.29) is 12.3 Å². The number of halogens is 2. The molecule has 4 amide bonds. The van der Waals surface area contributed by atoms with E-state index in [0.29, 0.717) is 18.0 Å². The Morgan fingerprint density at radius 1 is 1.23 bits per heavy atom. The topological polar surface area (TPSA) is 87.7 Å². The summed E-state index contributed by atoms with van der Waals surface area (Å²) < 4.78 is 28.9. The number of imide groups is 1. The number of carbonyl (C=O) groups excluding carboxylic acids is 3. The number of amides is 4. The molecule has 2 N–H and O–H groups in total. The van der Waals surface area contributed by atoms with E-state index in [1.807, 2.05) is 0 Å². The molecule has 1 saturated heterocycles. The first-order chi connectivity index (χ1) is 14.2. The number of ether oxygens (including phenoxy) is 1. The Balaban J connectivity index is 2.00. The minimum absolute atomic E-state index is 0.0566. The molecule has 0 bridgehead atoms. The van der Waals surface area contributed by atoms with Gasteiger partial charge < -0.3 is 15.4 Å². The van der Waals surface area contributed by atoms with Crippen LogP contribution in [0, 0.1) is 5.92 Å². The normalized spacial score (nSPS) is 19.7. The summed E-state index contributed by atoms with van der Waals surface area (Å²) in [6.45, 7) is 2.85. The van der Waals surface area contributed by atoms with Crippen molar-refractivity contribution in [3.8, 4) is 5.75 Å². The van der Waals surface area contributed by atoms with Crippen molar-refractivity contribution in [2.75, 3.05) is 13.1 Å². The zero-order chi connectivity index (χ0) is 22.3. The van der Waals surface area contributed by atoms with Crippen LogP contribution in [0.25, 0.3) is 0 Å². The summed E-state index contributed by atoms with van der Waals surface area (Å²) in [4.78, 5) is 38.4. The number of rotatable bonds is 11. The predicted octanol–water partition coefficient (Wildman–Crippen LogP) is 3.39. The van der Waals surface area contributed by atoms with Crippen LogP contribution in [0.5, 0.6) is 5.75 Å². The Hall–Kier alpha value is -2.71. The number of hydrogen-bond acceptors (Lipinski definition) is 4. The van der Waals surface area contributed by atoms with Crippen LogP contribution in [0.4, 0.5) is 13.6 Å².